The maximum absolute atomic E-state index is 5.66. The maximum atomic E-state index is 5.66. The lowest BCUT2D eigenvalue weighted by Gasteiger charge is -2.43. The molecule has 1 N–H and O–H groups in total. The van der Waals surface area contributed by atoms with E-state index < -0.39 is 0 Å². The Bertz CT molecular complexity index is 563. The van der Waals surface area contributed by atoms with E-state index in [9.17, 15) is 0 Å². The lowest BCUT2D eigenvalue weighted by atomic mass is 9.88. The highest BCUT2D eigenvalue weighted by Crippen LogP contribution is 2.31. The van der Waals surface area contributed by atoms with Gasteiger partial charge in [0.15, 0.2) is 5.96 Å². The predicted octanol–water partition coefficient (Wildman–Crippen LogP) is 2.73. The molecule has 0 radical (unpaired) electrons. The first-order valence-electron chi connectivity index (χ1n) is 10.1. The highest BCUT2D eigenvalue weighted by molar-refractivity contribution is 5.79. The summed E-state index contributed by atoms with van der Waals surface area (Å²) < 4.78 is 5.66. The second-order valence-corrected chi connectivity index (χ2v) is 7.54. The number of guanidine groups is 1. The number of likely N-dealkylation sites (tertiary alicyclic amines) is 1. The summed E-state index contributed by atoms with van der Waals surface area (Å²) >= 11 is 0. The third-order valence-electron chi connectivity index (χ3n) is 5.68. The van der Waals surface area contributed by atoms with E-state index in [1.807, 2.05) is 0 Å². The van der Waals surface area contributed by atoms with Crippen molar-refractivity contribution in [1.82, 2.24) is 15.1 Å². The first kappa shape index (κ1) is 19.2. The van der Waals surface area contributed by atoms with Crippen molar-refractivity contribution in [2.75, 3.05) is 46.4 Å². The van der Waals surface area contributed by atoms with Gasteiger partial charge in [-0.2, -0.15) is 0 Å². The van der Waals surface area contributed by atoms with Crippen molar-refractivity contribution in [2.24, 2.45) is 4.99 Å². The predicted molar refractivity (Wildman–Crippen MR) is 107 cm³/mol. The zero-order valence-electron chi connectivity index (χ0n) is 16.4. The SMILES string of the molecule is CCNC(=NCC1(N2CCCC2)CCOCC1)N(C)Cc1ccccc1. The van der Waals surface area contributed by atoms with Gasteiger partial charge >= 0.3 is 0 Å². The minimum atomic E-state index is 0.184. The summed E-state index contributed by atoms with van der Waals surface area (Å²) in [6, 6.07) is 10.6. The van der Waals surface area contributed by atoms with Gasteiger partial charge in [-0.05, 0) is 51.3 Å². The smallest absolute Gasteiger partial charge is 0.194 e. The maximum Gasteiger partial charge on any atom is 0.194 e. The molecule has 144 valence electrons. The molecule has 26 heavy (non-hydrogen) atoms. The van der Waals surface area contributed by atoms with Crippen molar-refractivity contribution >= 4 is 5.96 Å². The van der Waals surface area contributed by atoms with Crippen LogP contribution in [0.4, 0.5) is 0 Å². The summed E-state index contributed by atoms with van der Waals surface area (Å²) in [6.45, 7) is 8.90. The van der Waals surface area contributed by atoms with Gasteiger partial charge in [-0.25, -0.2) is 0 Å². The van der Waals surface area contributed by atoms with Gasteiger partial charge in [0.1, 0.15) is 0 Å². The lowest BCUT2D eigenvalue weighted by molar-refractivity contribution is -0.0139. The lowest BCUT2D eigenvalue weighted by Crippen LogP contribution is -2.54. The summed E-state index contributed by atoms with van der Waals surface area (Å²) in [6.07, 6.45) is 4.83. The van der Waals surface area contributed by atoms with Crippen LogP contribution in [0.25, 0.3) is 0 Å². The molecule has 0 aliphatic carbocycles. The fraction of sp³-hybridized carbons (Fsp3) is 0.667. The van der Waals surface area contributed by atoms with Crippen molar-refractivity contribution in [3.63, 3.8) is 0 Å². The summed E-state index contributed by atoms with van der Waals surface area (Å²) in [4.78, 5) is 10.00. The summed E-state index contributed by atoms with van der Waals surface area (Å²) in [5.41, 5.74) is 1.49. The third kappa shape index (κ3) is 4.77. The molecule has 0 atom stereocenters. The molecular formula is C21H34N4O. The normalized spacial score (nSPS) is 20.9. The molecule has 0 saturated carbocycles. The van der Waals surface area contributed by atoms with Crippen LogP contribution in [0.2, 0.25) is 0 Å². The molecular weight excluding hydrogens is 324 g/mol. The Labute approximate surface area is 158 Å². The van der Waals surface area contributed by atoms with Crippen LogP contribution in [0, 0.1) is 0 Å². The average Bonchev–Trinajstić information content (AvgIpc) is 3.22. The van der Waals surface area contributed by atoms with Crippen LogP contribution in [0.3, 0.4) is 0 Å². The van der Waals surface area contributed by atoms with Crippen LogP contribution >= 0.6 is 0 Å². The fourth-order valence-electron chi connectivity index (χ4n) is 4.14. The van der Waals surface area contributed by atoms with Gasteiger partial charge in [-0.15, -0.1) is 0 Å². The Hall–Kier alpha value is -1.59. The second kappa shape index (κ2) is 9.38. The van der Waals surface area contributed by atoms with Crippen LogP contribution < -0.4 is 5.32 Å². The molecule has 2 aliphatic heterocycles. The van der Waals surface area contributed by atoms with Crippen LogP contribution in [-0.2, 0) is 11.3 Å². The molecule has 5 heteroatoms. The minimum absolute atomic E-state index is 0.184. The topological polar surface area (TPSA) is 40.1 Å². The number of nitrogens with zero attached hydrogens (tertiary/aromatic N) is 3. The Morgan fingerprint density at radius 1 is 1.19 bits per heavy atom. The van der Waals surface area contributed by atoms with E-state index in [4.69, 9.17) is 9.73 Å². The third-order valence-corrected chi connectivity index (χ3v) is 5.68. The molecule has 2 heterocycles. The van der Waals surface area contributed by atoms with Crippen molar-refractivity contribution in [3.8, 4) is 0 Å². The molecule has 1 aromatic rings. The second-order valence-electron chi connectivity index (χ2n) is 7.54. The fourth-order valence-corrected chi connectivity index (χ4v) is 4.14. The molecule has 0 amide bonds. The molecule has 0 unspecified atom stereocenters. The van der Waals surface area contributed by atoms with Gasteiger partial charge in [-0.1, -0.05) is 30.3 Å². The molecule has 2 saturated heterocycles. The first-order valence-corrected chi connectivity index (χ1v) is 10.1. The van der Waals surface area contributed by atoms with E-state index in [0.717, 1.165) is 51.6 Å². The quantitative estimate of drug-likeness (QED) is 0.627. The van der Waals surface area contributed by atoms with E-state index in [1.165, 1.54) is 31.5 Å². The largest absolute Gasteiger partial charge is 0.381 e. The van der Waals surface area contributed by atoms with E-state index in [0.29, 0.717) is 0 Å². The number of nitrogens with one attached hydrogen (secondary N) is 1. The number of ether oxygens (including phenoxy) is 1. The monoisotopic (exact) mass is 358 g/mol. The highest BCUT2D eigenvalue weighted by atomic mass is 16.5. The summed E-state index contributed by atoms with van der Waals surface area (Å²) in [5.74, 6) is 1.00. The van der Waals surface area contributed by atoms with Crippen LogP contribution in [0.1, 0.15) is 38.2 Å². The van der Waals surface area contributed by atoms with Gasteiger partial charge in [0.05, 0.1) is 6.54 Å². The van der Waals surface area contributed by atoms with E-state index in [1.54, 1.807) is 0 Å². The highest BCUT2D eigenvalue weighted by Gasteiger charge is 2.39. The van der Waals surface area contributed by atoms with Crippen LogP contribution in [0.15, 0.2) is 35.3 Å². The zero-order chi connectivity index (χ0) is 18.2. The molecule has 0 spiro atoms. The molecule has 2 aliphatic rings. The molecule has 3 rings (SSSR count). The van der Waals surface area contributed by atoms with Crippen molar-refractivity contribution in [3.05, 3.63) is 35.9 Å². The standard InChI is InChI=1S/C21H34N4O/c1-3-22-20(24(2)17-19-9-5-4-6-10-19)23-18-21(11-15-26-16-12-21)25-13-7-8-14-25/h4-6,9-10H,3,7-8,11-18H2,1-2H3,(H,22,23). The van der Waals surface area contributed by atoms with Gasteiger partial charge in [0, 0.05) is 38.9 Å². The Morgan fingerprint density at radius 3 is 2.54 bits per heavy atom. The molecule has 0 aromatic heterocycles. The van der Waals surface area contributed by atoms with Gasteiger partial charge in [0.25, 0.3) is 0 Å². The van der Waals surface area contributed by atoms with Crippen LogP contribution in [0.5, 0.6) is 0 Å². The number of benzene rings is 1. The average molecular weight is 359 g/mol. The van der Waals surface area contributed by atoms with Crippen LogP contribution in [-0.4, -0.2) is 67.7 Å². The Morgan fingerprint density at radius 2 is 1.88 bits per heavy atom. The van der Waals surface area contributed by atoms with Gasteiger partial charge in [-0.3, -0.25) is 9.89 Å². The molecule has 5 nitrogen and oxygen atoms in total. The van der Waals surface area contributed by atoms with E-state index in [-0.39, 0.29) is 5.54 Å². The Kier molecular flexibility index (Phi) is 6.92. The molecule has 2 fully saturated rings. The van der Waals surface area contributed by atoms with Gasteiger partial charge in [0.2, 0.25) is 0 Å². The minimum Gasteiger partial charge on any atom is -0.381 e. The molecule has 1 aromatic carbocycles. The Balaban J connectivity index is 1.71. The van der Waals surface area contributed by atoms with Crippen molar-refractivity contribution < 1.29 is 4.74 Å². The zero-order valence-corrected chi connectivity index (χ0v) is 16.4. The number of hydrogen-bond acceptors (Lipinski definition) is 3. The van der Waals surface area contributed by atoms with Crippen molar-refractivity contribution in [2.45, 2.75) is 44.7 Å². The van der Waals surface area contributed by atoms with E-state index >= 15 is 0 Å². The number of hydrogen-bond donors (Lipinski definition) is 1. The van der Waals surface area contributed by atoms with E-state index in [2.05, 4.69) is 59.4 Å². The first-order chi connectivity index (χ1) is 12.7. The number of aliphatic imine (C=N–C) groups is 1. The van der Waals surface area contributed by atoms with Crippen molar-refractivity contribution in [1.29, 1.82) is 0 Å². The summed E-state index contributed by atoms with van der Waals surface area (Å²) in [7, 11) is 2.13. The summed E-state index contributed by atoms with van der Waals surface area (Å²) in [5, 5.41) is 3.48. The number of rotatable bonds is 6. The molecule has 0 bridgehead atoms. The van der Waals surface area contributed by atoms with Gasteiger partial charge < -0.3 is 15.0 Å².